The summed E-state index contributed by atoms with van der Waals surface area (Å²) in [5.41, 5.74) is 4.65. The molecule has 0 amide bonds. The average molecular weight is 353 g/mol. The van der Waals surface area contributed by atoms with Gasteiger partial charge in [0, 0.05) is 19.1 Å². The Morgan fingerprint density at radius 2 is 1.60 bits per heavy atom. The van der Waals surface area contributed by atoms with Gasteiger partial charge in [-0.1, -0.05) is 65.9 Å². The second-order valence-electron chi connectivity index (χ2n) is 6.47. The van der Waals surface area contributed by atoms with Gasteiger partial charge in [0.25, 0.3) is 0 Å². The number of aromatic nitrogens is 1. The van der Waals surface area contributed by atoms with E-state index in [9.17, 15) is 4.79 Å². The minimum atomic E-state index is 0.0750. The molecule has 0 saturated heterocycles. The lowest BCUT2D eigenvalue weighted by molar-refractivity contribution is 0.498. The standard InChI is InChI=1S/C21H24N2OS/c1-14-10-8-9-13-18(14)15(2)22-16(3)20-19(23(4)21(24)25-20)17-11-6-5-7-12-17/h5-13,15-16,22H,1-4H3. The van der Waals surface area contributed by atoms with Crippen molar-refractivity contribution in [2.45, 2.75) is 32.9 Å². The molecule has 0 bridgehead atoms. The molecule has 1 aromatic heterocycles. The summed E-state index contributed by atoms with van der Waals surface area (Å²) in [7, 11) is 1.85. The highest BCUT2D eigenvalue weighted by Crippen LogP contribution is 2.31. The number of thiazole rings is 1. The van der Waals surface area contributed by atoms with Crippen LogP contribution in [-0.2, 0) is 7.05 Å². The normalized spacial score (nSPS) is 13.6. The molecule has 130 valence electrons. The quantitative estimate of drug-likeness (QED) is 0.713. The number of aryl methyl sites for hydroxylation is 1. The third-order valence-corrected chi connectivity index (χ3v) is 5.85. The predicted octanol–water partition coefficient (Wildman–Crippen LogP) is 4.83. The number of hydrogen-bond donors (Lipinski definition) is 1. The summed E-state index contributed by atoms with van der Waals surface area (Å²) in [5.74, 6) is 0. The van der Waals surface area contributed by atoms with Gasteiger partial charge in [0.15, 0.2) is 0 Å². The van der Waals surface area contributed by atoms with Crippen LogP contribution in [0, 0.1) is 6.92 Å². The first-order chi connectivity index (χ1) is 12.0. The highest BCUT2D eigenvalue weighted by atomic mass is 32.1. The molecule has 0 aliphatic rings. The molecule has 3 aromatic rings. The first-order valence-electron chi connectivity index (χ1n) is 8.55. The van der Waals surface area contributed by atoms with Crippen LogP contribution in [0.5, 0.6) is 0 Å². The van der Waals surface area contributed by atoms with Gasteiger partial charge < -0.3 is 9.88 Å². The highest BCUT2D eigenvalue weighted by molar-refractivity contribution is 7.09. The second kappa shape index (κ2) is 7.38. The van der Waals surface area contributed by atoms with Crippen molar-refractivity contribution >= 4 is 11.3 Å². The number of hydrogen-bond acceptors (Lipinski definition) is 3. The molecule has 3 nitrogen and oxygen atoms in total. The molecule has 25 heavy (non-hydrogen) atoms. The summed E-state index contributed by atoms with van der Waals surface area (Å²) >= 11 is 1.33. The molecule has 0 spiro atoms. The van der Waals surface area contributed by atoms with Crippen molar-refractivity contribution in [3.05, 3.63) is 80.3 Å². The van der Waals surface area contributed by atoms with Gasteiger partial charge in [-0.15, -0.1) is 0 Å². The van der Waals surface area contributed by atoms with Gasteiger partial charge in [0.2, 0.25) is 0 Å². The molecular weight excluding hydrogens is 328 g/mol. The number of benzene rings is 2. The van der Waals surface area contributed by atoms with E-state index in [1.807, 2.05) is 25.2 Å². The minimum absolute atomic E-state index is 0.0750. The molecule has 0 saturated carbocycles. The van der Waals surface area contributed by atoms with Gasteiger partial charge in [0.05, 0.1) is 10.6 Å². The Hall–Kier alpha value is -2.17. The van der Waals surface area contributed by atoms with Crippen molar-refractivity contribution in [2.75, 3.05) is 0 Å². The molecule has 2 unspecified atom stereocenters. The Balaban J connectivity index is 1.93. The Labute approximate surface area is 153 Å². The molecule has 3 rings (SSSR count). The number of rotatable bonds is 5. The van der Waals surface area contributed by atoms with Crippen LogP contribution in [0.3, 0.4) is 0 Å². The SMILES string of the molecule is Cc1ccccc1C(C)NC(C)c1sc(=O)n(C)c1-c1ccccc1. The van der Waals surface area contributed by atoms with Crippen LogP contribution in [0.2, 0.25) is 0 Å². The molecule has 0 radical (unpaired) electrons. The molecule has 2 aromatic carbocycles. The zero-order chi connectivity index (χ0) is 18.0. The summed E-state index contributed by atoms with van der Waals surface area (Å²) in [4.78, 5) is 13.5. The van der Waals surface area contributed by atoms with Crippen LogP contribution >= 0.6 is 11.3 Å². The summed E-state index contributed by atoms with van der Waals surface area (Å²) in [6.07, 6.45) is 0. The van der Waals surface area contributed by atoms with E-state index in [0.29, 0.717) is 0 Å². The second-order valence-corrected chi connectivity index (χ2v) is 7.47. The van der Waals surface area contributed by atoms with E-state index < -0.39 is 0 Å². The van der Waals surface area contributed by atoms with Crippen molar-refractivity contribution < 1.29 is 0 Å². The maximum Gasteiger partial charge on any atom is 0.307 e. The molecule has 0 fully saturated rings. The zero-order valence-electron chi connectivity index (χ0n) is 15.1. The van der Waals surface area contributed by atoms with Gasteiger partial charge in [0.1, 0.15) is 0 Å². The lowest BCUT2D eigenvalue weighted by Crippen LogP contribution is -2.23. The van der Waals surface area contributed by atoms with Crippen molar-refractivity contribution in [1.82, 2.24) is 9.88 Å². The van der Waals surface area contributed by atoms with Gasteiger partial charge in [-0.2, -0.15) is 0 Å². The van der Waals surface area contributed by atoms with Crippen molar-refractivity contribution in [1.29, 1.82) is 0 Å². The fourth-order valence-electron chi connectivity index (χ4n) is 3.31. The van der Waals surface area contributed by atoms with Crippen LogP contribution in [0.4, 0.5) is 0 Å². The number of nitrogens with zero attached hydrogens (tertiary/aromatic N) is 1. The molecule has 0 aliphatic carbocycles. The van der Waals surface area contributed by atoms with E-state index in [1.54, 1.807) is 4.57 Å². The summed E-state index contributed by atoms with van der Waals surface area (Å²) in [6.45, 7) is 6.44. The van der Waals surface area contributed by atoms with E-state index in [1.165, 1.54) is 22.5 Å². The van der Waals surface area contributed by atoms with Crippen LogP contribution in [0.25, 0.3) is 11.3 Å². The maximum absolute atomic E-state index is 12.3. The molecule has 4 heteroatoms. The molecule has 0 aliphatic heterocycles. The summed E-state index contributed by atoms with van der Waals surface area (Å²) in [5, 5.41) is 3.66. The van der Waals surface area contributed by atoms with Gasteiger partial charge in [-0.05, 0) is 37.5 Å². The van der Waals surface area contributed by atoms with E-state index in [0.717, 1.165) is 16.1 Å². The summed E-state index contributed by atoms with van der Waals surface area (Å²) in [6, 6.07) is 18.9. The van der Waals surface area contributed by atoms with Crippen LogP contribution in [0.1, 0.15) is 41.9 Å². The van der Waals surface area contributed by atoms with Crippen LogP contribution in [0.15, 0.2) is 59.4 Å². The Bertz CT molecular complexity index is 911. The zero-order valence-corrected chi connectivity index (χ0v) is 15.9. The maximum atomic E-state index is 12.3. The third kappa shape index (κ3) is 3.60. The smallest absolute Gasteiger partial charge is 0.303 e. The van der Waals surface area contributed by atoms with Crippen LogP contribution in [-0.4, -0.2) is 4.57 Å². The Kier molecular flexibility index (Phi) is 5.21. The number of nitrogens with one attached hydrogen (secondary N) is 1. The fraction of sp³-hybridized carbons (Fsp3) is 0.286. The lowest BCUT2D eigenvalue weighted by atomic mass is 10.0. The van der Waals surface area contributed by atoms with E-state index in [-0.39, 0.29) is 17.0 Å². The largest absolute Gasteiger partial charge is 0.307 e. The van der Waals surface area contributed by atoms with Gasteiger partial charge in [-0.25, -0.2) is 0 Å². The molecule has 1 heterocycles. The highest BCUT2D eigenvalue weighted by Gasteiger charge is 2.21. The van der Waals surface area contributed by atoms with Crippen molar-refractivity contribution in [3.63, 3.8) is 0 Å². The first-order valence-corrected chi connectivity index (χ1v) is 9.37. The van der Waals surface area contributed by atoms with Crippen LogP contribution < -0.4 is 10.2 Å². The van der Waals surface area contributed by atoms with Crippen molar-refractivity contribution in [2.24, 2.45) is 7.05 Å². The van der Waals surface area contributed by atoms with E-state index in [4.69, 9.17) is 0 Å². The molecule has 1 N–H and O–H groups in total. The monoisotopic (exact) mass is 352 g/mol. The van der Waals surface area contributed by atoms with Gasteiger partial charge in [-0.3, -0.25) is 4.79 Å². The van der Waals surface area contributed by atoms with Gasteiger partial charge >= 0.3 is 4.87 Å². The minimum Gasteiger partial charge on any atom is -0.303 e. The third-order valence-electron chi connectivity index (χ3n) is 4.64. The van der Waals surface area contributed by atoms with Crippen molar-refractivity contribution in [3.8, 4) is 11.3 Å². The molecular formula is C21H24N2OS. The fourth-order valence-corrected chi connectivity index (χ4v) is 4.32. The van der Waals surface area contributed by atoms with E-state index >= 15 is 0 Å². The Morgan fingerprint density at radius 3 is 2.28 bits per heavy atom. The first kappa shape index (κ1) is 17.6. The van der Waals surface area contributed by atoms with E-state index in [2.05, 4.69) is 62.5 Å². The molecule has 2 atom stereocenters. The average Bonchev–Trinajstić information content (AvgIpc) is 2.91. The summed E-state index contributed by atoms with van der Waals surface area (Å²) < 4.78 is 1.76. The topological polar surface area (TPSA) is 34.0 Å². The predicted molar refractivity (Wildman–Crippen MR) is 106 cm³/mol. The Morgan fingerprint density at radius 1 is 0.960 bits per heavy atom. The lowest BCUT2D eigenvalue weighted by Gasteiger charge is -2.22.